The zero-order valence-electron chi connectivity index (χ0n) is 15.3. The van der Waals surface area contributed by atoms with Crippen LogP contribution in [0, 0.1) is 17.6 Å². The number of benzene rings is 1. The van der Waals surface area contributed by atoms with Crippen molar-refractivity contribution in [3.05, 3.63) is 53.4 Å². The van der Waals surface area contributed by atoms with E-state index in [-0.39, 0.29) is 0 Å². The van der Waals surface area contributed by atoms with Crippen LogP contribution in [0.3, 0.4) is 0 Å². The molecule has 2 aromatic rings. The van der Waals surface area contributed by atoms with Gasteiger partial charge in [-0.05, 0) is 42.4 Å². The summed E-state index contributed by atoms with van der Waals surface area (Å²) in [5, 5.41) is 7.49. The molecule has 140 valence electrons. The predicted molar refractivity (Wildman–Crippen MR) is 98.0 cm³/mol. The SMILES string of the molecule is CN=C(NCCc1cccc(F)c1F)N1CCC(Cc2cnn(C)c2)C1. The topological polar surface area (TPSA) is 45.5 Å². The predicted octanol–water partition coefficient (Wildman–Crippen LogP) is 2.38. The van der Waals surface area contributed by atoms with E-state index in [9.17, 15) is 8.78 Å². The summed E-state index contributed by atoms with van der Waals surface area (Å²) in [5.41, 5.74) is 1.63. The van der Waals surface area contributed by atoms with E-state index < -0.39 is 11.6 Å². The van der Waals surface area contributed by atoms with Crippen LogP contribution in [0.1, 0.15) is 17.5 Å². The second-order valence-corrected chi connectivity index (χ2v) is 6.76. The van der Waals surface area contributed by atoms with Crippen LogP contribution in [0.4, 0.5) is 8.78 Å². The first-order valence-corrected chi connectivity index (χ1v) is 8.93. The van der Waals surface area contributed by atoms with Gasteiger partial charge in [0.25, 0.3) is 0 Å². The molecule has 2 heterocycles. The highest BCUT2D eigenvalue weighted by Gasteiger charge is 2.25. The number of aliphatic imine (C=N–C) groups is 1. The minimum atomic E-state index is -0.801. The molecule has 0 aliphatic carbocycles. The van der Waals surface area contributed by atoms with E-state index in [2.05, 4.69) is 26.5 Å². The second-order valence-electron chi connectivity index (χ2n) is 6.76. The molecular weight excluding hydrogens is 336 g/mol. The first-order chi connectivity index (χ1) is 12.6. The number of hydrogen-bond acceptors (Lipinski definition) is 2. The molecule has 1 fully saturated rings. The number of likely N-dealkylation sites (tertiary alicyclic amines) is 1. The summed E-state index contributed by atoms with van der Waals surface area (Å²) in [5.74, 6) is -0.180. The fourth-order valence-electron chi connectivity index (χ4n) is 3.49. The molecular formula is C19H25F2N5. The zero-order chi connectivity index (χ0) is 18.5. The summed E-state index contributed by atoms with van der Waals surface area (Å²) in [4.78, 5) is 6.56. The Morgan fingerprint density at radius 2 is 2.23 bits per heavy atom. The van der Waals surface area contributed by atoms with E-state index in [1.54, 1.807) is 13.1 Å². The quantitative estimate of drug-likeness (QED) is 0.657. The number of nitrogens with zero attached hydrogens (tertiary/aromatic N) is 4. The minimum absolute atomic E-state index is 0.379. The number of aryl methyl sites for hydroxylation is 1. The Morgan fingerprint density at radius 3 is 2.96 bits per heavy atom. The molecule has 1 saturated heterocycles. The Labute approximate surface area is 152 Å². The van der Waals surface area contributed by atoms with Crippen molar-refractivity contribution in [2.24, 2.45) is 18.0 Å². The van der Waals surface area contributed by atoms with Crippen LogP contribution >= 0.6 is 0 Å². The monoisotopic (exact) mass is 361 g/mol. The van der Waals surface area contributed by atoms with E-state index in [0.717, 1.165) is 38.0 Å². The van der Waals surface area contributed by atoms with Gasteiger partial charge in [0.1, 0.15) is 0 Å². The van der Waals surface area contributed by atoms with Crippen LogP contribution in [0.5, 0.6) is 0 Å². The van der Waals surface area contributed by atoms with Crippen molar-refractivity contribution in [3.63, 3.8) is 0 Å². The third kappa shape index (κ3) is 4.39. The molecule has 3 rings (SSSR count). The number of nitrogens with one attached hydrogen (secondary N) is 1. The average Bonchev–Trinajstić information content (AvgIpc) is 3.25. The lowest BCUT2D eigenvalue weighted by Gasteiger charge is -2.21. The number of hydrogen-bond donors (Lipinski definition) is 1. The van der Waals surface area contributed by atoms with Gasteiger partial charge in [-0.15, -0.1) is 0 Å². The number of aromatic nitrogens is 2. The molecule has 1 aliphatic rings. The normalized spacial score (nSPS) is 17.8. The van der Waals surface area contributed by atoms with E-state index in [4.69, 9.17) is 0 Å². The van der Waals surface area contributed by atoms with E-state index in [1.165, 1.54) is 11.6 Å². The van der Waals surface area contributed by atoms with Crippen molar-refractivity contribution in [2.75, 3.05) is 26.7 Å². The fraction of sp³-hybridized carbons (Fsp3) is 0.474. The second kappa shape index (κ2) is 8.29. The summed E-state index contributed by atoms with van der Waals surface area (Å²) >= 11 is 0. The molecule has 0 bridgehead atoms. The Hall–Kier alpha value is -2.44. The number of guanidine groups is 1. The van der Waals surface area contributed by atoms with Crippen LogP contribution in [0.15, 0.2) is 35.6 Å². The first-order valence-electron chi connectivity index (χ1n) is 8.93. The maximum absolute atomic E-state index is 13.7. The molecule has 0 radical (unpaired) electrons. The summed E-state index contributed by atoms with van der Waals surface area (Å²) in [6.45, 7) is 2.39. The van der Waals surface area contributed by atoms with Crippen molar-refractivity contribution in [1.29, 1.82) is 0 Å². The first kappa shape index (κ1) is 18.4. The van der Waals surface area contributed by atoms with Crippen LogP contribution in [0.2, 0.25) is 0 Å². The van der Waals surface area contributed by atoms with Crippen LogP contribution < -0.4 is 5.32 Å². The third-order valence-corrected chi connectivity index (χ3v) is 4.79. The van der Waals surface area contributed by atoms with Gasteiger partial charge in [0, 0.05) is 39.9 Å². The summed E-state index contributed by atoms with van der Waals surface area (Å²) < 4.78 is 28.8. The van der Waals surface area contributed by atoms with Gasteiger partial charge in [-0.3, -0.25) is 9.67 Å². The maximum Gasteiger partial charge on any atom is 0.193 e. The molecule has 1 N–H and O–H groups in total. The molecule has 0 amide bonds. The highest BCUT2D eigenvalue weighted by Crippen LogP contribution is 2.20. The molecule has 1 atom stereocenters. The Bertz CT molecular complexity index is 771. The highest BCUT2D eigenvalue weighted by molar-refractivity contribution is 5.80. The van der Waals surface area contributed by atoms with Crippen LogP contribution in [-0.4, -0.2) is 47.3 Å². The molecule has 1 unspecified atom stereocenters. The van der Waals surface area contributed by atoms with Gasteiger partial charge in [-0.1, -0.05) is 12.1 Å². The zero-order valence-corrected chi connectivity index (χ0v) is 15.3. The van der Waals surface area contributed by atoms with Gasteiger partial charge in [-0.2, -0.15) is 5.10 Å². The molecule has 1 aromatic carbocycles. The molecule has 1 aliphatic heterocycles. The largest absolute Gasteiger partial charge is 0.356 e. The lowest BCUT2D eigenvalue weighted by atomic mass is 10.0. The molecule has 26 heavy (non-hydrogen) atoms. The highest BCUT2D eigenvalue weighted by atomic mass is 19.2. The minimum Gasteiger partial charge on any atom is -0.356 e. The Kier molecular flexibility index (Phi) is 5.85. The van der Waals surface area contributed by atoms with Crippen molar-refractivity contribution in [1.82, 2.24) is 20.0 Å². The van der Waals surface area contributed by atoms with Crippen molar-refractivity contribution < 1.29 is 8.78 Å². The smallest absolute Gasteiger partial charge is 0.193 e. The third-order valence-electron chi connectivity index (χ3n) is 4.79. The van der Waals surface area contributed by atoms with Gasteiger partial charge in [0.2, 0.25) is 0 Å². The average molecular weight is 361 g/mol. The summed E-state index contributed by atoms with van der Waals surface area (Å²) in [6.07, 6.45) is 6.51. The van der Waals surface area contributed by atoms with Gasteiger partial charge in [-0.25, -0.2) is 8.78 Å². The van der Waals surface area contributed by atoms with Gasteiger partial charge in [0.05, 0.1) is 6.20 Å². The summed E-state index contributed by atoms with van der Waals surface area (Å²) in [6, 6.07) is 4.28. The Balaban J connectivity index is 1.49. The van der Waals surface area contributed by atoms with Gasteiger partial charge < -0.3 is 10.2 Å². The standard InChI is InChI=1S/C19H25F2N5/c1-22-19(23-8-6-16-4-3-5-17(20)18(16)21)26-9-7-14(13-26)10-15-11-24-25(2)12-15/h3-5,11-12,14H,6-10,13H2,1-2H3,(H,22,23). The fourth-order valence-corrected chi connectivity index (χ4v) is 3.49. The number of rotatable bonds is 5. The van der Waals surface area contributed by atoms with Crippen LogP contribution in [0.25, 0.3) is 0 Å². The lowest BCUT2D eigenvalue weighted by Crippen LogP contribution is -2.41. The molecule has 0 spiro atoms. The van der Waals surface area contributed by atoms with Gasteiger partial charge >= 0.3 is 0 Å². The van der Waals surface area contributed by atoms with E-state index in [0.29, 0.717) is 24.4 Å². The summed E-state index contributed by atoms with van der Waals surface area (Å²) in [7, 11) is 3.68. The number of halogens is 2. The molecule has 1 aromatic heterocycles. The lowest BCUT2D eigenvalue weighted by molar-refractivity contribution is 0.459. The van der Waals surface area contributed by atoms with Crippen molar-refractivity contribution >= 4 is 5.96 Å². The molecule has 7 heteroatoms. The molecule has 5 nitrogen and oxygen atoms in total. The Morgan fingerprint density at radius 1 is 1.38 bits per heavy atom. The van der Waals surface area contributed by atoms with E-state index >= 15 is 0 Å². The van der Waals surface area contributed by atoms with Crippen molar-refractivity contribution in [2.45, 2.75) is 19.3 Å². The maximum atomic E-state index is 13.7. The van der Waals surface area contributed by atoms with Gasteiger partial charge in [0.15, 0.2) is 17.6 Å². The van der Waals surface area contributed by atoms with Crippen molar-refractivity contribution in [3.8, 4) is 0 Å². The van der Waals surface area contributed by atoms with E-state index in [1.807, 2.05) is 17.9 Å². The molecule has 0 saturated carbocycles. The van der Waals surface area contributed by atoms with Crippen LogP contribution in [-0.2, 0) is 19.9 Å².